The fraction of sp³-hybridized carbons (Fsp3) is 1.00. The molecule has 5 saturated carbocycles. The van der Waals surface area contributed by atoms with Gasteiger partial charge in [-0.15, -0.1) is 0 Å². The first-order valence-corrected chi connectivity index (χ1v) is 14.0. The average Bonchev–Trinajstić information content (AvgIpc) is 3.04. The number of fused-ring (bicyclic) bond motifs is 7. The monoisotopic (exact) mass is 428 g/mol. The lowest BCUT2D eigenvalue weighted by Crippen LogP contribution is -2.66. The second-order valence-corrected chi connectivity index (χ2v) is 15.1. The third-order valence-corrected chi connectivity index (χ3v) is 14.1. The smallest absolute Gasteiger partial charge is 0.0543 e. The molecule has 0 saturated heterocycles. The van der Waals surface area contributed by atoms with E-state index in [9.17, 15) is 5.11 Å². The topological polar surface area (TPSA) is 20.2 Å². The Morgan fingerprint density at radius 2 is 1.42 bits per heavy atom. The van der Waals surface area contributed by atoms with Crippen LogP contribution in [-0.4, -0.2) is 11.2 Å². The van der Waals surface area contributed by atoms with E-state index in [1.54, 1.807) is 0 Å². The molecule has 1 heteroatoms. The molecular formula is C30H52O. The number of hydrogen-bond donors (Lipinski definition) is 1. The van der Waals surface area contributed by atoms with Crippen molar-refractivity contribution in [1.29, 1.82) is 0 Å². The SMILES string of the molecule is CC1CCC2(C)C(CCC3(C)C2CCC2C4C([C@H](C)O)CCC4(C)CC[C@]23C)C1(C)C. The zero-order chi connectivity index (χ0) is 22.6. The first-order valence-electron chi connectivity index (χ1n) is 14.0. The van der Waals surface area contributed by atoms with Crippen molar-refractivity contribution in [1.82, 2.24) is 0 Å². The molecule has 178 valence electrons. The van der Waals surface area contributed by atoms with Crippen LogP contribution in [0, 0.1) is 62.6 Å². The Hall–Kier alpha value is -0.0400. The van der Waals surface area contributed by atoms with Gasteiger partial charge in [-0.1, -0.05) is 48.5 Å². The van der Waals surface area contributed by atoms with Gasteiger partial charge in [0.2, 0.25) is 0 Å². The standard InChI is InChI=1S/C30H52O/c1-19-11-15-28(6)23(26(19,3)4)13-16-30(8)24(28)10-9-22-25-21(20(2)31)12-14-27(25,5)17-18-29(22,30)7/h19-25,31H,9-18H2,1-8H3/t19?,20-,21?,22?,23?,24?,25?,27?,28?,29+,30?/m0/s1. The van der Waals surface area contributed by atoms with Crippen LogP contribution in [0.1, 0.15) is 120 Å². The largest absolute Gasteiger partial charge is 0.393 e. The van der Waals surface area contributed by atoms with Gasteiger partial charge in [-0.3, -0.25) is 0 Å². The summed E-state index contributed by atoms with van der Waals surface area (Å²) >= 11 is 0. The Balaban J connectivity index is 1.54. The Bertz CT molecular complexity index is 724. The molecular weight excluding hydrogens is 376 g/mol. The maximum atomic E-state index is 10.8. The molecule has 1 N–H and O–H groups in total. The van der Waals surface area contributed by atoms with Gasteiger partial charge >= 0.3 is 0 Å². The second-order valence-electron chi connectivity index (χ2n) is 15.1. The van der Waals surface area contributed by atoms with E-state index in [2.05, 4.69) is 55.4 Å². The van der Waals surface area contributed by atoms with Crippen molar-refractivity contribution < 1.29 is 5.11 Å². The van der Waals surface area contributed by atoms with Crippen LogP contribution >= 0.6 is 0 Å². The van der Waals surface area contributed by atoms with Gasteiger partial charge in [-0.2, -0.15) is 0 Å². The van der Waals surface area contributed by atoms with Gasteiger partial charge in [0.25, 0.3) is 0 Å². The molecule has 31 heavy (non-hydrogen) atoms. The summed E-state index contributed by atoms with van der Waals surface area (Å²) < 4.78 is 0. The summed E-state index contributed by atoms with van der Waals surface area (Å²) in [6.45, 7) is 20.7. The molecule has 0 heterocycles. The van der Waals surface area contributed by atoms with Gasteiger partial charge in [0.05, 0.1) is 6.10 Å². The molecule has 5 rings (SSSR count). The van der Waals surface area contributed by atoms with Crippen molar-refractivity contribution in [3.63, 3.8) is 0 Å². The number of hydrogen-bond acceptors (Lipinski definition) is 1. The van der Waals surface area contributed by atoms with Crippen molar-refractivity contribution in [2.75, 3.05) is 0 Å². The molecule has 0 aromatic rings. The Labute approximate surface area is 193 Å². The fourth-order valence-corrected chi connectivity index (χ4v) is 11.7. The molecule has 0 spiro atoms. The van der Waals surface area contributed by atoms with E-state index < -0.39 is 0 Å². The molecule has 1 nitrogen and oxygen atoms in total. The highest BCUT2D eigenvalue weighted by molar-refractivity contribution is 5.18. The van der Waals surface area contributed by atoms with Crippen LogP contribution in [0.3, 0.4) is 0 Å². The van der Waals surface area contributed by atoms with Gasteiger partial charge in [0.1, 0.15) is 0 Å². The Kier molecular flexibility index (Phi) is 4.96. The van der Waals surface area contributed by atoms with Crippen molar-refractivity contribution in [3.05, 3.63) is 0 Å². The molecule has 9 unspecified atom stereocenters. The molecule has 0 amide bonds. The van der Waals surface area contributed by atoms with E-state index >= 15 is 0 Å². The third kappa shape index (κ3) is 2.71. The molecule has 0 radical (unpaired) electrons. The molecule has 5 fully saturated rings. The molecule has 0 aromatic carbocycles. The van der Waals surface area contributed by atoms with Gasteiger partial charge in [-0.05, 0) is 134 Å². The van der Waals surface area contributed by atoms with E-state index in [0.717, 1.165) is 29.6 Å². The van der Waals surface area contributed by atoms with Crippen LogP contribution in [-0.2, 0) is 0 Å². The van der Waals surface area contributed by atoms with Crippen LogP contribution in [0.4, 0.5) is 0 Å². The summed E-state index contributed by atoms with van der Waals surface area (Å²) in [5, 5.41) is 10.8. The summed E-state index contributed by atoms with van der Waals surface area (Å²) in [7, 11) is 0. The average molecular weight is 429 g/mol. The fourth-order valence-electron chi connectivity index (χ4n) is 11.7. The van der Waals surface area contributed by atoms with E-state index in [-0.39, 0.29) is 6.10 Å². The second kappa shape index (κ2) is 6.76. The van der Waals surface area contributed by atoms with Crippen LogP contribution in [0.15, 0.2) is 0 Å². The van der Waals surface area contributed by atoms with Crippen LogP contribution in [0.2, 0.25) is 0 Å². The van der Waals surface area contributed by atoms with E-state index in [0.29, 0.717) is 33.0 Å². The normalized spacial score (nSPS) is 59.1. The summed E-state index contributed by atoms with van der Waals surface area (Å²) in [5.74, 6) is 4.76. The summed E-state index contributed by atoms with van der Waals surface area (Å²) in [5.41, 5.74) is 2.43. The van der Waals surface area contributed by atoms with Crippen LogP contribution < -0.4 is 0 Å². The lowest BCUT2D eigenvalue weighted by Gasteiger charge is -2.73. The van der Waals surface area contributed by atoms with Crippen molar-refractivity contribution in [2.24, 2.45) is 62.6 Å². The summed E-state index contributed by atoms with van der Waals surface area (Å²) in [6.07, 6.45) is 14.0. The zero-order valence-electron chi connectivity index (χ0n) is 22.1. The first-order chi connectivity index (χ1) is 14.3. The summed E-state index contributed by atoms with van der Waals surface area (Å²) in [4.78, 5) is 0. The minimum absolute atomic E-state index is 0.131. The van der Waals surface area contributed by atoms with Gasteiger partial charge in [0.15, 0.2) is 0 Å². The Morgan fingerprint density at radius 1 is 0.710 bits per heavy atom. The van der Waals surface area contributed by atoms with E-state index in [4.69, 9.17) is 0 Å². The highest BCUT2D eigenvalue weighted by atomic mass is 16.3. The first kappa shape index (κ1) is 22.7. The molecule has 0 aliphatic heterocycles. The summed E-state index contributed by atoms with van der Waals surface area (Å²) in [6, 6.07) is 0. The predicted octanol–water partition coefficient (Wildman–Crippen LogP) is 8.10. The number of rotatable bonds is 1. The Morgan fingerprint density at radius 3 is 2.10 bits per heavy atom. The molecule has 0 aromatic heterocycles. The van der Waals surface area contributed by atoms with Crippen molar-refractivity contribution in [3.8, 4) is 0 Å². The predicted molar refractivity (Wildman–Crippen MR) is 131 cm³/mol. The third-order valence-electron chi connectivity index (χ3n) is 14.1. The highest BCUT2D eigenvalue weighted by Gasteiger charge is 2.70. The van der Waals surface area contributed by atoms with Gasteiger partial charge in [0, 0.05) is 0 Å². The lowest BCUT2D eigenvalue weighted by molar-refractivity contribution is -0.243. The quantitative estimate of drug-likeness (QED) is 0.447. The van der Waals surface area contributed by atoms with Crippen molar-refractivity contribution in [2.45, 2.75) is 126 Å². The van der Waals surface area contributed by atoms with Gasteiger partial charge in [-0.25, -0.2) is 0 Å². The van der Waals surface area contributed by atoms with E-state index in [1.165, 1.54) is 64.2 Å². The zero-order valence-corrected chi connectivity index (χ0v) is 22.1. The molecule has 0 bridgehead atoms. The number of aliphatic hydroxyl groups is 1. The maximum Gasteiger partial charge on any atom is 0.0543 e. The van der Waals surface area contributed by atoms with Gasteiger partial charge < -0.3 is 5.11 Å². The number of aliphatic hydroxyl groups excluding tert-OH is 1. The maximum absolute atomic E-state index is 10.8. The molecule has 11 atom stereocenters. The molecule has 5 aliphatic rings. The highest BCUT2D eigenvalue weighted by Crippen LogP contribution is 2.77. The molecule has 5 aliphatic carbocycles. The minimum Gasteiger partial charge on any atom is -0.393 e. The minimum atomic E-state index is -0.131. The lowest BCUT2D eigenvalue weighted by atomic mass is 9.32. The van der Waals surface area contributed by atoms with Crippen LogP contribution in [0.5, 0.6) is 0 Å². The van der Waals surface area contributed by atoms with E-state index in [1.807, 2.05) is 0 Å². The van der Waals surface area contributed by atoms with Crippen LogP contribution in [0.25, 0.3) is 0 Å². The van der Waals surface area contributed by atoms with Crippen molar-refractivity contribution >= 4 is 0 Å².